The summed E-state index contributed by atoms with van der Waals surface area (Å²) in [6, 6.07) is 0.0219. The number of aryl methyl sites for hydroxylation is 3. The summed E-state index contributed by atoms with van der Waals surface area (Å²) in [6.07, 6.45) is 2.79. The molecule has 0 aliphatic carbocycles. The first-order valence-electron chi connectivity index (χ1n) is 7.45. The molecule has 6 heteroatoms. The first-order valence-corrected chi connectivity index (χ1v) is 7.83. The summed E-state index contributed by atoms with van der Waals surface area (Å²) in [5, 5.41) is 13.2. The molecule has 0 radical (unpaired) electrons. The Balaban J connectivity index is 2.55. The van der Waals surface area contributed by atoms with Gasteiger partial charge >= 0.3 is 0 Å². The van der Waals surface area contributed by atoms with Crippen molar-refractivity contribution in [3.05, 3.63) is 33.9 Å². The van der Waals surface area contributed by atoms with Crippen molar-refractivity contribution in [1.82, 2.24) is 24.9 Å². The molecule has 21 heavy (non-hydrogen) atoms. The second kappa shape index (κ2) is 6.62. The lowest BCUT2D eigenvalue weighted by molar-refractivity contribution is 0.526. The Morgan fingerprint density at radius 1 is 1.33 bits per heavy atom. The average molecular weight is 310 g/mol. The van der Waals surface area contributed by atoms with Crippen LogP contribution in [0.1, 0.15) is 49.0 Å². The molecule has 0 aliphatic rings. The maximum Gasteiger partial charge on any atom is 0.0837 e. The Bertz CT molecular complexity index is 614. The maximum absolute atomic E-state index is 6.41. The van der Waals surface area contributed by atoms with Gasteiger partial charge in [0.15, 0.2) is 0 Å². The van der Waals surface area contributed by atoms with E-state index in [-0.39, 0.29) is 6.04 Å². The SMILES string of the molecule is CCCNC(c1c(C)nn(C)c1C)c1c(Cl)cnn1CC. The number of aromatic nitrogens is 4. The van der Waals surface area contributed by atoms with Gasteiger partial charge in [-0.1, -0.05) is 18.5 Å². The molecule has 2 aromatic heterocycles. The normalized spacial score (nSPS) is 12.9. The predicted molar refractivity (Wildman–Crippen MR) is 85.7 cm³/mol. The molecule has 2 heterocycles. The van der Waals surface area contributed by atoms with Crippen molar-refractivity contribution in [3.8, 4) is 0 Å². The lowest BCUT2D eigenvalue weighted by atomic mass is 10.0. The fourth-order valence-corrected chi connectivity index (χ4v) is 2.99. The van der Waals surface area contributed by atoms with E-state index in [9.17, 15) is 0 Å². The third kappa shape index (κ3) is 2.99. The standard InChI is InChI=1S/C15H24ClN5/c1-6-8-17-14(13-10(3)19-20(5)11(13)4)15-12(16)9-18-21(15)7-2/h9,14,17H,6-8H2,1-5H3. The number of nitrogens with zero attached hydrogens (tertiary/aromatic N) is 4. The van der Waals surface area contributed by atoms with E-state index < -0.39 is 0 Å². The summed E-state index contributed by atoms with van der Waals surface area (Å²) in [4.78, 5) is 0. The number of nitrogens with one attached hydrogen (secondary N) is 1. The van der Waals surface area contributed by atoms with Gasteiger partial charge in [-0.2, -0.15) is 10.2 Å². The number of halogens is 1. The van der Waals surface area contributed by atoms with E-state index in [1.807, 2.05) is 23.3 Å². The minimum Gasteiger partial charge on any atom is -0.305 e. The largest absolute Gasteiger partial charge is 0.305 e. The smallest absolute Gasteiger partial charge is 0.0837 e. The Hall–Kier alpha value is -1.33. The maximum atomic E-state index is 6.41. The second-order valence-electron chi connectivity index (χ2n) is 5.29. The molecular formula is C15H24ClN5. The van der Waals surface area contributed by atoms with E-state index >= 15 is 0 Å². The minimum absolute atomic E-state index is 0.0219. The van der Waals surface area contributed by atoms with Gasteiger partial charge < -0.3 is 5.32 Å². The van der Waals surface area contributed by atoms with Gasteiger partial charge in [0, 0.05) is 24.8 Å². The second-order valence-corrected chi connectivity index (χ2v) is 5.70. The third-order valence-corrected chi connectivity index (χ3v) is 4.15. The molecule has 1 unspecified atom stereocenters. The van der Waals surface area contributed by atoms with E-state index in [0.717, 1.165) is 36.6 Å². The van der Waals surface area contributed by atoms with E-state index in [1.54, 1.807) is 6.20 Å². The number of hydrogen-bond donors (Lipinski definition) is 1. The van der Waals surface area contributed by atoms with Crippen LogP contribution < -0.4 is 5.32 Å². The van der Waals surface area contributed by atoms with E-state index in [4.69, 9.17) is 11.6 Å². The van der Waals surface area contributed by atoms with Crippen molar-refractivity contribution >= 4 is 11.6 Å². The molecule has 0 fully saturated rings. The van der Waals surface area contributed by atoms with Crippen LogP contribution in [0, 0.1) is 13.8 Å². The van der Waals surface area contributed by atoms with Crippen molar-refractivity contribution in [2.24, 2.45) is 7.05 Å². The summed E-state index contributed by atoms with van der Waals surface area (Å²) in [5.41, 5.74) is 4.40. The molecule has 0 spiro atoms. The molecule has 0 aliphatic heterocycles. The van der Waals surface area contributed by atoms with Crippen LogP contribution in [0.4, 0.5) is 0 Å². The van der Waals surface area contributed by atoms with Gasteiger partial charge in [0.05, 0.1) is 28.6 Å². The summed E-state index contributed by atoms with van der Waals surface area (Å²) in [5.74, 6) is 0. The Morgan fingerprint density at radius 3 is 2.57 bits per heavy atom. The first-order chi connectivity index (χ1) is 10.0. The zero-order valence-electron chi connectivity index (χ0n) is 13.4. The molecule has 0 amide bonds. The zero-order valence-corrected chi connectivity index (χ0v) is 14.2. The molecule has 2 aromatic rings. The fourth-order valence-electron chi connectivity index (χ4n) is 2.74. The molecule has 0 bridgehead atoms. The van der Waals surface area contributed by atoms with Crippen molar-refractivity contribution in [2.75, 3.05) is 6.54 Å². The predicted octanol–water partition coefficient (Wildman–Crippen LogP) is 3.00. The zero-order chi connectivity index (χ0) is 15.6. The third-order valence-electron chi connectivity index (χ3n) is 3.86. The molecule has 0 saturated heterocycles. The van der Waals surface area contributed by atoms with Gasteiger partial charge in [0.25, 0.3) is 0 Å². The number of hydrogen-bond acceptors (Lipinski definition) is 3. The highest BCUT2D eigenvalue weighted by Gasteiger charge is 2.26. The monoisotopic (exact) mass is 309 g/mol. The Morgan fingerprint density at radius 2 is 2.05 bits per heavy atom. The van der Waals surface area contributed by atoms with Crippen LogP contribution in [0.5, 0.6) is 0 Å². The number of rotatable bonds is 6. The van der Waals surface area contributed by atoms with Gasteiger partial charge in [0.1, 0.15) is 0 Å². The highest BCUT2D eigenvalue weighted by atomic mass is 35.5. The summed E-state index contributed by atoms with van der Waals surface area (Å²) in [6.45, 7) is 10.1. The van der Waals surface area contributed by atoms with Crippen molar-refractivity contribution in [2.45, 2.75) is 46.7 Å². The summed E-state index contributed by atoms with van der Waals surface area (Å²) in [7, 11) is 1.97. The molecule has 0 saturated carbocycles. The lowest BCUT2D eigenvalue weighted by Crippen LogP contribution is -2.27. The van der Waals surface area contributed by atoms with Gasteiger partial charge in [-0.05, 0) is 33.7 Å². The van der Waals surface area contributed by atoms with Crippen LogP contribution in [0.15, 0.2) is 6.20 Å². The van der Waals surface area contributed by atoms with Crippen LogP contribution in [0.2, 0.25) is 5.02 Å². The van der Waals surface area contributed by atoms with Gasteiger partial charge in [-0.3, -0.25) is 9.36 Å². The van der Waals surface area contributed by atoms with E-state index in [0.29, 0.717) is 5.02 Å². The molecule has 5 nitrogen and oxygen atoms in total. The van der Waals surface area contributed by atoms with Gasteiger partial charge in [-0.15, -0.1) is 0 Å². The van der Waals surface area contributed by atoms with E-state index in [2.05, 4.69) is 36.3 Å². The molecular weight excluding hydrogens is 286 g/mol. The van der Waals surface area contributed by atoms with Gasteiger partial charge in [0.2, 0.25) is 0 Å². The van der Waals surface area contributed by atoms with Gasteiger partial charge in [-0.25, -0.2) is 0 Å². The molecule has 1 N–H and O–H groups in total. The topological polar surface area (TPSA) is 47.7 Å². The molecule has 0 aromatic carbocycles. The van der Waals surface area contributed by atoms with Crippen LogP contribution in [-0.4, -0.2) is 26.1 Å². The fraction of sp³-hybridized carbons (Fsp3) is 0.600. The summed E-state index contributed by atoms with van der Waals surface area (Å²) < 4.78 is 3.88. The quantitative estimate of drug-likeness (QED) is 0.892. The van der Waals surface area contributed by atoms with Crippen LogP contribution in [0.25, 0.3) is 0 Å². The summed E-state index contributed by atoms with van der Waals surface area (Å²) >= 11 is 6.41. The van der Waals surface area contributed by atoms with Crippen molar-refractivity contribution < 1.29 is 0 Å². The highest BCUT2D eigenvalue weighted by molar-refractivity contribution is 6.31. The molecule has 1 atom stereocenters. The Kier molecular flexibility index (Phi) is 5.06. The molecule has 2 rings (SSSR count). The lowest BCUT2D eigenvalue weighted by Gasteiger charge is -2.21. The average Bonchev–Trinajstić information content (AvgIpc) is 2.94. The van der Waals surface area contributed by atoms with E-state index in [1.165, 1.54) is 5.56 Å². The highest BCUT2D eigenvalue weighted by Crippen LogP contribution is 2.31. The van der Waals surface area contributed by atoms with Crippen molar-refractivity contribution in [3.63, 3.8) is 0 Å². The van der Waals surface area contributed by atoms with Crippen molar-refractivity contribution in [1.29, 1.82) is 0 Å². The van der Waals surface area contributed by atoms with Crippen LogP contribution >= 0.6 is 11.6 Å². The first kappa shape index (κ1) is 16.0. The van der Waals surface area contributed by atoms with Crippen LogP contribution in [0.3, 0.4) is 0 Å². The Labute approximate surface area is 131 Å². The minimum atomic E-state index is 0.0219. The van der Waals surface area contributed by atoms with Crippen LogP contribution in [-0.2, 0) is 13.6 Å². The molecule has 116 valence electrons.